The maximum Gasteiger partial charge on any atom is 0.457 e. The minimum absolute atomic E-state index is 0.907. The lowest BCUT2D eigenvalue weighted by molar-refractivity contribution is -0.0697. The highest BCUT2D eigenvalue weighted by Gasteiger charge is 2.23. The highest BCUT2D eigenvalue weighted by molar-refractivity contribution is 6.46. The summed E-state index contributed by atoms with van der Waals surface area (Å²) in [5, 5.41) is 0. The Morgan fingerprint density at radius 1 is 1.22 bits per heavy atom. The van der Waals surface area contributed by atoms with E-state index in [4.69, 9.17) is 23.2 Å². The van der Waals surface area contributed by atoms with Crippen molar-refractivity contribution in [1.29, 1.82) is 0 Å². The lowest BCUT2D eigenvalue weighted by atomic mass is 10.6. The van der Waals surface area contributed by atoms with Crippen LogP contribution in [0.15, 0.2) is 0 Å². The molecule has 0 amide bonds. The largest absolute Gasteiger partial charge is 0.457 e. The van der Waals surface area contributed by atoms with Crippen molar-refractivity contribution < 1.29 is 13.2 Å². The van der Waals surface area contributed by atoms with E-state index in [1.165, 1.54) is 0 Å². The molecule has 0 aliphatic heterocycles. The zero-order valence-corrected chi connectivity index (χ0v) is 5.48. The van der Waals surface area contributed by atoms with Crippen LogP contribution in [-0.2, 0) is 0 Å². The van der Waals surface area contributed by atoms with Gasteiger partial charge in [-0.25, -0.2) is 0 Å². The van der Waals surface area contributed by atoms with Crippen LogP contribution in [0.4, 0.5) is 13.2 Å². The number of rotatable bonds is 0. The summed E-state index contributed by atoms with van der Waals surface area (Å²) in [7, 11) is 0. The Morgan fingerprint density at radius 2 is 1.67 bits per heavy atom. The van der Waals surface area contributed by atoms with Crippen LogP contribution in [0.25, 0.3) is 0 Å². The quantitative estimate of drug-likeness (QED) is 0.393. The SMILES string of the molecule is FC(F)(F)C#CC(Cl)Cl. The van der Waals surface area contributed by atoms with Crippen molar-refractivity contribution in [2.24, 2.45) is 0 Å². The third kappa shape index (κ3) is 7.93. The maximum absolute atomic E-state index is 11.1. The highest BCUT2D eigenvalue weighted by Crippen LogP contribution is 2.12. The first-order chi connectivity index (χ1) is 3.92. The summed E-state index contributed by atoms with van der Waals surface area (Å²) in [6, 6.07) is 0. The van der Waals surface area contributed by atoms with Gasteiger partial charge in [0.05, 0.1) is 0 Å². The molecule has 9 heavy (non-hydrogen) atoms. The summed E-state index contributed by atoms with van der Waals surface area (Å²) in [4.78, 5) is -1.27. The van der Waals surface area contributed by atoms with E-state index in [1.807, 2.05) is 0 Å². The molecule has 0 unspecified atom stereocenters. The zero-order valence-electron chi connectivity index (χ0n) is 3.97. The molecule has 0 bridgehead atoms. The monoisotopic (exact) mass is 176 g/mol. The van der Waals surface area contributed by atoms with Crippen LogP contribution in [0.3, 0.4) is 0 Å². The molecule has 5 heteroatoms. The molecular formula is C4HCl2F3. The summed E-state index contributed by atoms with van der Waals surface area (Å²) in [6.07, 6.45) is -4.50. The molecule has 52 valence electrons. The van der Waals surface area contributed by atoms with E-state index in [9.17, 15) is 13.2 Å². The van der Waals surface area contributed by atoms with Gasteiger partial charge in [-0.3, -0.25) is 0 Å². The first-order valence-electron chi connectivity index (χ1n) is 1.79. The van der Waals surface area contributed by atoms with Gasteiger partial charge in [0.2, 0.25) is 0 Å². The fraction of sp³-hybridized carbons (Fsp3) is 0.500. The van der Waals surface area contributed by atoms with Crippen molar-refractivity contribution in [2.75, 3.05) is 0 Å². The number of alkyl halides is 5. The Labute approximate surface area is 59.9 Å². The Bertz CT molecular complexity index is 138. The minimum atomic E-state index is -4.50. The van der Waals surface area contributed by atoms with Crippen molar-refractivity contribution in [3.8, 4) is 11.8 Å². The van der Waals surface area contributed by atoms with E-state index in [1.54, 1.807) is 5.92 Å². The molecule has 0 rings (SSSR count). The van der Waals surface area contributed by atoms with Crippen LogP contribution >= 0.6 is 23.2 Å². The van der Waals surface area contributed by atoms with Crippen LogP contribution in [-0.4, -0.2) is 11.0 Å². The van der Waals surface area contributed by atoms with Crippen LogP contribution in [0, 0.1) is 11.8 Å². The minimum Gasteiger partial charge on any atom is -0.159 e. The first-order valence-corrected chi connectivity index (χ1v) is 2.66. The third-order valence-electron chi connectivity index (χ3n) is 0.323. The number of hydrogen-bond acceptors (Lipinski definition) is 0. The third-order valence-corrected chi connectivity index (χ3v) is 0.541. The van der Waals surface area contributed by atoms with Crippen LogP contribution < -0.4 is 0 Å². The average Bonchev–Trinajstić information content (AvgIpc) is 1.59. The van der Waals surface area contributed by atoms with Crippen molar-refractivity contribution in [2.45, 2.75) is 11.0 Å². The maximum atomic E-state index is 11.1. The predicted octanol–water partition coefficient (Wildman–Crippen LogP) is 2.36. The summed E-state index contributed by atoms with van der Waals surface area (Å²) in [5.74, 6) is 2.45. The molecule has 0 saturated heterocycles. The fourth-order valence-electron chi connectivity index (χ4n) is 0.136. The molecule has 0 aromatic rings. The number of hydrogen-bond donors (Lipinski definition) is 0. The topological polar surface area (TPSA) is 0 Å². The number of halogens is 5. The smallest absolute Gasteiger partial charge is 0.159 e. The van der Waals surface area contributed by atoms with Gasteiger partial charge in [0, 0.05) is 5.92 Å². The van der Waals surface area contributed by atoms with Gasteiger partial charge in [-0.15, -0.1) is 0 Å². The Kier molecular flexibility index (Phi) is 3.16. The summed E-state index contributed by atoms with van der Waals surface area (Å²) < 4.78 is 33.4. The molecular weight excluding hydrogens is 176 g/mol. The highest BCUT2D eigenvalue weighted by atomic mass is 35.5. The summed E-state index contributed by atoms with van der Waals surface area (Å²) in [6.45, 7) is 0. The van der Waals surface area contributed by atoms with Gasteiger partial charge in [-0.05, 0) is 0 Å². The van der Waals surface area contributed by atoms with Gasteiger partial charge < -0.3 is 0 Å². The average molecular weight is 177 g/mol. The molecule has 0 nitrogen and oxygen atoms in total. The lowest BCUT2D eigenvalue weighted by Crippen LogP contribution is -2.02. The lowest BCUT2D eigenvalue weighted by Gasteiger charge is -1.91. The molecule has 0 aromatic carbocycles. The van der Waals surface area contributed by atoms with E-state index < -0.39 is 11.0 Å². The molecule has 0 aliphatic rings. The van der Waals surface area contributed by atoms with Crippen LogP contribution in [0.5, 0.6) is 0 Å². The molecule has 0 aromatic heterocycles. The second kappa shape index (κ2) is 3.19. The van der Waals surface area contributed by atoms with Gasteiger partial charge in [0.25, 0.3) is 0 Å². The van der Waals surface area contributed by atoms with E-state index in [0.717, 1.165) is 5.92 Å². The molecule has 0 radical (unpaired) electrons. The van der Waals surface area contributed by atoms with Crippen molar-refractivity contribution >= 4 is 23.2 Å². The van der Waals surface area contributed by atoms with Crippen LogP contribution in [0.2, 0.25) is 0 Å². The molecule has 0 aliphatic carbocycles. The van der Waals surface area contributed by atoms with E-state index >= 15 is 0 Å². The fourth-order valence-corrected chi connectivity index (χ4v) is 0.245. The predicted molar refractivity (Wildman–Crippen MR) is 29.3 cm³/mol. The standard InChI is InChI=1S/C4HCl2F3/c5-3(6)1-2-4(7,8)9/h3H. The van der Waals surface area contributed by atoms with Crippen molar-refractivity contribution in [3.63, 3.8) is 0 Å². The summed E-state index contributed by atoms with van der Waals surface area (Å²) in [5.41, 5.74) is 0. The van der Waals surface area contributed by atoms with Crippen molar-refractivity contribution in [1.82, 2.24) is 0 Å². The van der Waals surface area contributed by atoms with Gasteiger partial charge in [-0.1, -0.05) is 29.1 Å². The normalized spacial score (nSPS) is 10.9. The van der Waals surface area contributed by atoms with E-state index in [2.05, 4.69) is 0 Å². The van der Waals surface area contributed by atoms with Crippen molar-refractivity contribution in [3.05, 3.63) is 0 Å². The van der Waals surface area contributed by atoms with Crippen LogP contribution in [0.1, 0.15) is 0 Å². The Hall–Kier alpha value is -0.0700. The Morgan fingerprint density at radius 3 is 1.78 bits per heavy atom. The molecule has 0 saturated carbocycles. The first kappa shape index (κ1) is 8.93. The second-order valence-corrected chi connectivity index (χ2v) is 2.16. The van der Waals surface area contributed by atoms with Gasteiger partial charge >= 0.3 is 6.18 Å². The molecule has 0 atom stereocenters. The molecule has 0 heterocycles. The van der Waals surface area contributed by atoms with Gasteiger partial charge in [0.1, 0.15) is 0 Å². The molecule has 0 spiro atoms. The van der Waals surface area contributed by atoms with E-state index in [-0.39, 0.29) is 0 Å². The molecule has 0 N–H and O–H groups in total. The van der Waals surface area contributed by atoms with Gasteiger partial charge in [0.15, 0.2) is 4.84 Å². The van der Waals surface area contributed by atoms with Gasteiger partial charge in [-0.2, -0.15) is 13.2 Å². The van der Waals surface area contributed by atoms with E-state index in [0.29, 0.717) is 0 Å². The molecule has 0 fully saturated rings. The second-order valence-electron chi connectivity index (χ2n) is 1.07. The Balaban J connectivity index is 3.88. The summed E-state index contributed by atoms with van der Waals surface area (Å²) >= 11 is 9.75. The zero-order chi connectivity index (χ0) is 7.49.